The van der Waals surface area contributed by atoms with Crippen molar-refractivity contribution in [3.63, 3.8) is 0 Å². The van der Waals surface area contributed by atoms with E-state index in [1.165, 1.54) is 0 Å². The van der Waals surface area contributed by atoms with Crippen LogP contribution in [0.25, 0.3) is 0 Å². The van der Waals surface area contributed by atoms with Crippen molar-refractivity contribution in [1.29, 1.82) is 0 Å². The first-order chi connectivity index (χ1) is 7.58. The number of halogens is 3. The van der Waals surface area contributed by atoms with Crippen LogP contribution in [-0.2, 0) is 0 Å². The SMILES string of the molecule is OC(c1ccc(Br)s1)c1cc(I)ccc1Br. The van der Waals surface area contributed by atoms with Crippen LogP contribution < -0.4 is 0 Å². The molecule has 1 nitrogen and oxygen atoms in total. The van der Waals surface area contributed by atoms with Crippen molar-refractivity contribution in [2.24, 2.45) is 0 Å². The van der Waals surface area contributed by atoms with Crippen molar-refractivity contribution in [3.8, 4) is 0 Å². The Balaban J connectivity index is 2.40. The van der Waals surface area contributed by atoms with Crippen LogP contribution in [0.4, 0.5) is 0 Å². The van der Waals surface area contributed by atoms with E-state index in [1.54, 1.807) is 11.3 Å². The zero-order valence-electron chi connectivity index (χ0n) is 7.95. The number of thiophene rings is 1. The van der Waals surface area contributed by atoms with Gasteiger partial charge in [0.15, 0.2) is 0 Å². The highest BCUT2D eigenvalue weighted by Gasteiger charge is 2.15. The van der Waals surface area contributed by atoms with Gasteiger partial charge < -0.3 is 5.11 Å². The first-order valence-corrected chi connectivity index (χ1v) is 7.94. The minimum absolute atomic E-state index is 0.569. The predicted molar refractivity (Wildman–Crippen MR) is 82.9 cm³/mol. The van der Waals surface area contributed by atoms with Crippen LogP contribution in [0, 0.1) is 3.57 Å². The summed E-state index contributed by atoms with van der Waals surface area (Å²) in [5.74, 6) is 0. The Kier molecular flexibility index (Phi) is 4.45. The highest BCUT2D eigenvalue weighted by Crippen LogP contribution is 2.34. The Labute approximate surface area is 128 Å². The lowest BCUT2D eigenvalue weighted by molar-refractivity contribution is 0.223. The molecular formula is C11H7Br2IOS. The van der Waals surface area contributed by atoms with Gasteiger partial charge in [0.2, 0.25) is 0 Å². The number of aliphatic hydroxyl groups is 1. The number of rotatable bonds is 2. The van der Waals surface area contributed by atoms with Gasteiger partial charge >= 0.3 is 0 Å². The summed E-state index contributed by atoms with van der Waals surface area (Å²) in [7, 11) is 0. The summed E-state index contributed by atoms with van der Waals surface area (Å²) in [5.41, 5.74) is 0.904. The second-order valence-corrected chi connectivity index (χ2v) is 7.80. The number of aliphatic hydroxyl groups excluding tert-OH is 1. The van der Waals surface area contributed by atoms with Crippen molar-refractivity contribution >= 4 is 65.8 Å². The third-order valence-electron chi connectivity index (χ3n) is 2.12. The molecule has 1 aromatic carbocycles. The molecule has 0 saturated heterocycles. The normalized spacial score (nSPS) is 12.8. The molecule has 1 heterocycles. The average molecular weight is 474 g/mol. The van der Waals surface area contributed by atoms with Gasteiger partial charge in [-0.3, -0.25) is 0 Å². The molecule has 0 aliphatic rings. The largest absolute Gasteiger partial charge is 0.383 e. The molecule has 1 N–H and O–H groups in total. The Bertz CT molecular complexity index is 512. The summed E-state index contributed by atoms with van der Waals surface area (Å²) in [6, 6.07) is 9.84. The summed E-state index contributed by atoms with van der Waals surface area (Å²) >= 11 is 10.7. The van der Waals surface area contributed by atoms with Gasteiger partial charge in [0.05, 0.1) is 3.79 Å². The third kappa shape index (κ3) is 2.87. The van der Waals surface area contributed by atoms with Gasteiger partial charge in [-0.2, -0.15) is 0 Å². The fourth-order valence-electron chi connectivity index (χ4n) is 1.35. The molecule has 0 spiro atoms. The molecule has 0 fully saturated rings. The lowest BCUT2D eigenvalue weighted by Crippen LogP contribution is -1.98. The van der Waals surface area contributed by atoms with E-state index in [-0.39, 0.29) is 0 Å². The molecule has 1 aromatic heterocycles. The van der Waals surface area contributed by atoms with Crippen LogP contribution >= 0.6 is 65.8 Å². The van der Waals surface area contributed by atoms with Crippen molar-refractivity contribution in [1.82, 2.24) is 0 Å². The standard InChI is InChI=1S/C11H7Br2IOS/c12-8-2-1-6(14)5-7(8)11(15)9-3-4-10(13)16-9/h1-5,11,15H. The van der Waals surface area contributed by atoms with Crippen molar-refractivity contribution in [3.05, 3.63) is 52.6 Å². The first kappa shape index (κ1) is 13.0. The van der Waals surface area contributed by atoms with Crippen LogP contribution in [0.1, 0.15) is 16.5 Å². The van der Waals surface area contributed by atoms with E-state index in [0.717, 1.165) is 22.3 Å². The fraction of sp³-hybridized carbons (Fsp3) is 0.0909. The van der Waals surface area contributed by atoms with Crippen LogP contribution in [0.2, 0.25) is 0 Å². The molecule has 0 amide bonds. The quantitative estimate of drug-likeness (QED) is 0.611. The third-order valence-corrected chi connectivity index (χ3v) is 5.19. The molecule has 2 aromatic rings. The summed E-state index contributed by atoms with van der Waals surface area (Å²) in [6.07, 6.45) is -0.569. The number of hydrogen-bond donors (Lipinski definition) is 1. The maximum absolute atomic E-state index is 10.3. The Morgan fingerprint density at radius 1 is 1.19 bits per heavy atom. The van der Waals surface area contributed by atoms with Gasteiger partial charge in [-0.05, 0) is 68.9 Å². The first-order valence-electron chi connectivity index (χ1n) is 4.46. The minimum Gasteiger partial charge on any atom is -0.383 e. The highest BCUT2D eigenvalue weighted by atomic mass is 127. The molecule has 5 heteroatoms. The van der Waals surface area contributed by atoms with E-state index in [4.69, 9.17) is 0 Å². The van der Waals surface area contributed by atoms with Crippen LogP contribution in [0.3, 0.4) is 0 Å². The molecule has 0 aliphatic heterocycles. The summed E-state index contributed by atoms with van der Waals surface area (Å²) in [6.45, 7) is 0. The Hall–Kier alpha value is 0.570. The molecule has 84 valence electrons. The van der Waals surface area contributed by atoms with Crippen LogP contribution in [0.5, 0.6) is 0 Å². The number of benzene rings is 1. The smallest absolute Gasteiger partial charge is 0.114 e. The van der Waals surface area contributed by atoms with Gasteiger partial charge in [0.25, 0.3) is 0 Å². The van der Waals surface area contributed by atoms with E-state index in [0.29, 0.717) is 0 Å². The summed E-state index contributed by atoms with van der Waals surface area (Å²) in [5, 5.41) is 10.3. The van der Waals surface area contributed by atoms with E-state index in [9.17, 15) is 5.11 Å². The maximum atomic E-state index is 10.3. The van der Waals surface area contributed by atoms with E-state index in [2.05, 4.69) is 54.5 Å². The van der Waals surface area contributed by atoms with Crippen molar-refractivity contribution < 1.29 is 5.11 Å². The van der Waals surface area contributed by atoms with Crippen molar-refractivity contribution in [2.75, 3.05) is 0 Å². The van der Waals surface area contributed by atoms with Gasteiger partial charge in [-0.25, -0.2) is 0 Å². The molecule has 16 heavy (non-hydrogen) atoms. The second-order valence-electron chi connectivity index (χ2n) is 3.21. The Morgan fingerprint density at radius 2 is 1.94 bits per heavy atom. The monoisotopic (exact) mass is 472 g/mol. The molecule has 1 atom stereocenters. The maximum Gasteiger partial charge on any atom is 0.114 e. The Morgan fingerprint density at radius 3 is 2.56 bits per heavy atom. The van der Waals surface area contributed by atoms with Crippen LogP contribution in [0.15, 0.2) is 38.6 Å². The van der Waals surface area contributed by atoms with Crippen LogP contribution in [-0.4, -0.2) is 5.11 Å². The topological polar surface area (TPSA) is 20.2 Å². The fourth-order valence-corrected chi connectivity index (χ4v) is 3.76. The van der Waals surface area contributed by atoms with Gasteiger partial charge in [0, 0.05) is 18.5 Å². The molecular weight excluding hydrogens is 467 g/mol. The van der Waals surface area contributed by atoms with Gasteiger partial charge in [-0.15, -0.1) is 11.3 Å². The van der Waals surface area contributed by atoms with E-state index in [1.807, 2.05) is 30.3 Å². The molecule has 1 unspecified atom stereocenters. The lowest BCUT2D eigenvalue weighted by Gasteiger charge is -2.11. The lowest BCUT2D eigenvalue weighted by atomic mass is 10.1. The van der Waals surface area contributed by atoms with Crippen molar-refractivity contribution in [2.45, 2.75) is 6.10 Å². The zero-order chi connectivity index (χ0) is 11.7. The predicted octanol–water partition coefficient (Wildman–Crippen LogP) is 4.96. The summed E-state index contributed by atoms with van der Waals surface area (Å²) in [4.78, 5) is 0.939. The minimum atomic E-state index is -0.569. The molecule has 0 saturated carbocycles. The number of hydrogen-bond acceptors (Lipinski definition) is 2. The average Bonchev–Trinajstić information content (AvgIpc) is 2.67. The van der Waals surface area contributed by atoms with E-state index >= 15 is 0 Å². The molecule has 0 aliphatic carbocycles. The molecule has 0 radical (unpaired) electrons. The van der Waals surface area contributed by atoms with Gasteiger partial charge in [0.1, 0.15) is 6.10 Å². The summed E-state index contributed by atoms with van der Waals surface area (Å²) < 4.78 is 3.08. The molecule has 0 bridgehead atoms. The highest BCUT2D eigenvalue weighted by molar-refractivity contribution is 14.1. The van der Waals surface area contributed by atoms with E-state index < -0.39 is 6.10 Å². The zero-order valence-corrected chi connectivity index (χ0v) is 14.1. The van der Waals surface area contributed by atoms with Gasteiger partial charge in [-0.1, -0.05) is 15.9 Å². The second kappa shape index (κ2) is 5.48. The molecule has 2 rings (SSSR count).